The maximum atomic E-state index is 13.6. The first kappa shape index (κ1) is 26.4. The molecule has 2 atom stereocenters. The molecular formula is C23H29N3O5S3. The molecule has 0 bridgehead atoms. The summed E-state index contributed by atoms with van der Waals surface area (Å²) in [6.07, 6.45) is -0.384. The summed E-state index contributed by atoms with van der Waals surface area (Å²) in [4.78, 5) is 16.0. The van der Waals surface area contributed by atoms with Gasteiger partial charge in [-0.2, -0.15) is 4.31 Å². The number of thiazole rings is 1. The number of carboxylic acid groups (broad SMARTS) is 1. The number of amides is 1. The van der Waals surface area contributed by atoms with Crippen molar-refractivity contribution in [2.75, 3.05) is 19.3 Å². The fourth-order valence-electron chi connectivity index (χ4n) is 3.60. The average Bonchev–Trinajstić information content (AvgIpc) is 3.21. The Morgan fingerprint density at radius 3 is 2.50 bits per heavy atom. The Morgan fingerprint density at radius 1 is 1.18 bits per heavy atom. The molecular weight excluding hydrogens is 494 g/mol. The number of sulfonamides is 1. The van der Waals surface area contributed by atoms with E-state index in [1.165, 1.54) is 33.5 Å². The molecule has 0 radical (unpaired) electrons. The number of carbonyl (C=O) groups is 1. The van der Waals surface area contributed by atoms with Crippen molar-refractivity contribution >= 4 is 49.4 Å². The highest BCUT2D eigenvalue weighted by molar-refractivity contribution is 8.00. The van der Waals surface area contributed by atoms with E-state index in [2.05, 4.69) is 10.3 Å². The van der Waals surface area contributed by atoms with Crippen LogP contribution in [0.1, 0.15) is 19.4 Å². The van der Waals surface area contributed by atoms with Crippen molar-refractivity contribution < 1.29 is 23.4 Å². The van der Waals surface area contributed by atoms with Crippen LogP contribution in [0.5, 0.6) is 0 Å². The molecule has 2 aromatic carbocycles. The van der Waals surface area contributed by atoms with Gasteiger partial charge in [0.05, 0.1) is 27.3 Å². The molecule has 0 aliphatic rings. The third kappa shape index (κ3) is 6.70. The Bertz CT molecular complexity index is 1220. The van der Waals surface area contributed by atoms with Crippen LogP contribution in [0.4, 0.5) is 4.79 Å². The van der Waals surface area contributed by atoms with Crippen LogP contribution in [-0.4, -0.2) is 65.5 Å². The normalized spacial score (nSPS) is 13.9. The second kappa shape index (κ2) is 11.5. The molecule has 184 valence electrons. The zero-order valence-corrected chi connectivity index (χ0v) is 21.7. The Hall–Kier alpha value is -2.18. The van der Waals surface area contributed by atoms with Crippen LogP contribution in [-0.2, 0) is 16.4 Å². The number of hydrogen-bond donors (Lipinski definition) is 3. The number of fused-ring (bicyclic) bond motifs is 1. The van der Waals surface area contributed by atoms with Gasteiger partial charge in [0.15, 0.2) is 4.34 Å². The van der Waals surface area contributed by atoms with Crippen LogP contribution in [0.25, 0.3) is 10.2 Å². The van der Waals surface area contributed by atoms with Gasteiger partial charge in [0.1, 0.15) is 0 Å². The van der Waals surface area contributed by atoms with E-state index >= 15 is 0 Å². The van der Waals surface area contributed by atoms with E-state index in [-0.39, 0.29) is 30.3 Å². The van der Waals surface area contributed by atoms with Gasteiger partial charge in [-0.15, -0.1) is 11.3 Å². The van der Waals surface area contributed by atoms with Crippen molar-refractivity contribution in [3.8, 4) is 0 Å². The van der Waals surface area contributed by atoms with Crippen molar-refractivity contribution in [1.29, 1.82) is 0 Å². The Morgan fingerprint density at radius 2 is 1.88 bits per heavy atom. The minimum Gasteiger partial charge on any atom is -0.465 e. The van der Waals surface area contributed by atoms with E-state index in [1.54, 1.807) is 12.1 Å². The fraction of sp³-hybridized carbons (Fsp3) is 0.391. The SMILES string of the molecule is CSc1nc2ccc(S(=O)(=O)N(CC(C)C)C[C@H](O)[C@H](Cc3ccccc3)NC(=O)O)cc2s1. The topological polar surface area (TPSA) is 120 Å². The molecule has 1 amide bonds. The Balaban J connectivity index is 1.89. The maximum absolute atomic E-state index is 13.6. The molecule has 11 heteroatoms. The van der Waals surface area contributed by atoms with Crippen LogP contribution in [0.2, 0.25) is 0 Å². The highest BCUT2D eigenvalue weighted by Crippen LogP contribution is 2.31. The van der Waals surface area contributed by atoms with Crippen molar-refractivity contribution in [2.45, 2.75) is 41.6 Å². The van der Waals surface area contributed by atoms with Gasteiger partial charge >= 0.3 is 6.09 Å². The van der Waals surface area contributed by atoms with Crippen molar-refractivity contribution in [1.82, 2.24) is 14.6 Å². The highest BCUT2D eigenvalue weighted by Gasteiger charge is 2.31. The lowest BCUT2D eigenvalue weighted by atomic mass is 10.0. The minimum absolute atomic E-state index is 0.00258. The molecule has 0 fully saturated rings. The van der Waals surface area contributed by atoms with Gasteiger partial charge in [-0.1, -0.05) is 55.9 Å². The largest absolute Gasteiger partial charge is 0.465 e. The monoisotopic (exact) mass is 523 g/mol. The molecule has 3 aromatic rings. The summed E-state index contributed by atoms with van der Waals surface area (Å²) in [6.45, 7) is 3.72. The number of hydrogen-bond acceptors (Lipinski definition) is 7. The van der Waals surface area contributed by atoms with Gasteiger partial charge < -0.3 is 15.5 Å². The molecule has 8 nitrogen and oxygen atoms in total. The molecule has 3 N–H and O–H groups in total. The van der Waals surface area contributed by atoms with Gasteiger partial charge in [-0.3, -0.25) is 0 Å². The van der Waals surface area contributed by atoms with E-state index in [1.807, 2.05) is 50.4 Å². The number of nitrogens with one attached hydrogen (secondary N) is 1. The first-order valence-electron chi connectivity index (χ1n) is 10.8. The lowest BCUT2D eigenvalue weighted by molar-refractivity contribution is 0.0980. The van der Waals surface area contributed by atoms with Gasteiger partial charge in [0.2, 0.25) is 10.0 Å². The number of aromatic nitrogens is 1. The van der Waals surface area contributed by atoms with E-state index in [9.17, 15) is 23.4 Å². The van der Waals surface area contributed by atoms with Gasteiger partial charge in [-0.25, -0.2) is 18.2 Å². The third-order valence-corrected chi connectivity index (χ3v) is 9.01. The molecule has 1 aromatic heterocycles. The predicted molar refractivity (Wildman–Crippen MR) is 136 cm³/mol. The molecule has 3 rings (SSSR count). The standard InChI is InChI=1S/C23H29N3O5S3/c1-15(2)13-26(14-20(27)19(24-22(28)29)11-16-7-5-4-6-8-16)34(30,31)17-9-10-18-21(12-17)33-23(25-18)32-3/h4-10,12,15,19-20,24,27H,11,13-14H2,1-3H3,(H,28,29)/t19-,20-/m0/s1. The summed E-state index contributed by atoms with van der Waals surface area (Å²) in [5, 5.41) is 22.6. The van der Waals surface area contributed by atoms with E-state index in [4.69, 9.17) is 0 Å². The van der Waals surface area contributed by atoms with Crippen LogP contribution in [0.3, 0.4) is 0 Å². The van der Waals surface area contributed by atoms with E-state index in [0.29, 0.717) is 0 Å². The number of nitrogens with zero attached hydrogens (tertiary/aromatic N) is 2. The van der Waals surface area contributed by atoms with Gasteiger partial charge in [-0.05, 0) is 42.4 Å². The first-order chi connectivity index (χ1) is 16.1. The van der Waals surface area contributed by atoms with Crippen molar-refractivity contribution in [3.05, 3.63) is 54.1 Å². The van der Waals surface area contributed by atoms with Crippen LogP contribution in [0.15, 0.2) is 57.8 Å². The molecule has 0 unspecified atom stereocenters. The summed E-state index contributed by atoms with van der Waals surface area (Å²) in [7, 11) is -3.94. The fourth-order valence-corrected chi connectivity index (χ4v) is 6.86. The number of thioether (sulfide) groups is 1. The van der Waals surface area contributed by atoms with Crippen molar-refractivity contribution in [3.63, 3.8) is 0 Å². The van der Waals surface area contributed by atoms with Gasteiger partial charge in [0.25, 0.3) is 0 Å². The number of rotatable bonds is 11. The molecule has 0 saturated heterocycles. The van der Waals surface area contributed by atoms with Gasteiger partial charge in [0, 0.05) is 13.1 Å². The summed E-state index contributed by atoms with van der Waals surface area (Å²) in [5.41, 5.74) is 1.57. The van der Waals surface area contributed by atoms with E-state index in [0.717, 1.165) is 20.1 Å². The average molecular weight is 524 g/mol. The lowest BCUT2D eigenvalue weighted by Crippen LogP contribution is -2.50. The number of aliphatic hydroxyl groups is 1. The first-order valence-corrected chi connectivity index (χ1v) is 14.2. The quantitative estimate of drug-likeness (QED) is 0.326. The Labute approximate surface area is 208 Å². The smallest absolute Gasteiger partial charge is 0.404 e. The molecule has 0 saturated carbocycles. The molecule has 1 heterocycles. The summed E-state index contributed by atoms with van der Waals surface area (Å²) >= 11 is 2.92. The molecule has 0 spiro atoms. The second-order valence-corrected chi connectivity index (χ2v) is 12.4. The minimum atomic E-state index is -3.94. The van der Waals surface area contributed by atoms with Crippen LogP contribution < -0.4 is 5.32 Å². The predicted octanol–water partition coefficient (Wildman–Crippen LogP) is 3.90. The highest BCUT2D eigenvalue weighted by atomic mass is 32.2. The van der Waals surface area contributed by atoms with Crippen LogP contribution in [0, 0.1) is 5.92 Å². The Kier molecular flexibility index (Phi) is 8.94. The summed E-state index contributed by atoms with van der Waals surface area (Å²) in [6, 6.07) is 13.1. The third-order valence-electron chi connectivity index (χ3n) is 5.18. The summed E-state index contributed by atoms with van der Waals surface area (Å²) in [5.74, 6) is -0.00258. The zero-order valence-electron chi connectivity index (χ0n) is 19.2. The molecule has 34 heavy (non-hydrogen) atoms. The van der Waals surface area contributed by atoms with Crippen molar-refractivity contribution in [2.24, 2.45) is 5.92 Å². The van der Waals surface area contributed by atoms with Crippen LogP contribution >= 0.6 is 23.1 Å². The molecule has 0 aliphatic carbocycles. The lowest BCUT2D eigenvalue weighted by Gasteiger charge is -2.30. The number of benzene rings is 2. The van der Waals surface area contributed by atoms with E-state index < -0.39 is 28.3 Å². The summed E-state index contributed by atoms with van der Waals surface area (Å²) < 4.78 is 30.0. The number of aliphatic hydroxyl groups excluding tert-OH is 1. The second-order valence-electron chi connectivity index (χ2n) is 8.34. The molecule has 0 aliphatic heterocycles. The maximum Gasteiger partial charge on any atom is 0.404 e. The zero-order chi connectivity index (χ0) is 24.9.